The summed E-state index contributed by atoms with van der Waals surface area (Å²) in [4.78, 5) is 46.4. The minimum absolute atomic E-state index is 0.226. The molecule has 1 aliphatic heterocycles. The molecule has 0 spiro atoms. The average molecular weight is 533 g/mol. The molecule has 2 heterocycles. The van der Waals surface area contributed by atoms with Crippen LogP contribution in [0.25, 0.3) is 0 Å². The van der Waals surface area contributed by atoms with Crippen LogP contribution in [-0.2, 0) is 4.79 Å². The van der Waals surface area contributed by atoms with Gasteiger partial charge in [0.1, 0.15) is 12.3 Å². The highest BCUT2D eigenvalue weighted by atomic mass is 16.2. The fraction of sp³-hybridized carbons (Fsp3) is 0.129. The summed E-state index contributed by atoms with van der Waals surface area (Å²) in [7, 11) is 1.79. The molecular formula is C31H28N6O3. The number of rotatable bonds is 8. The third kappa shape index (κ3) is 5.58. The van der Waals surface area contributed by atoms with Gasteiger partial charge in [-0.25, -0.2) is 9.80 Å². The zero-order chi connectivity index (χ0) is 28.1. The number of hydrogen-bond acceptors (Lipinski definition) is 6. The number of carbonyl (C=O) groups excluding carboxylic acids is 3. The summed E-state index contributed by atoms with van der Waals surface area (Å²) < 4.78 is 0. The molecule has 0 atom stereocenters. The number of aromatic nitrogens is 1. The summed E-state index contributed by atoms with van der Waals surface area (Å²) in [6.45, 7) is 1.25. The fourth-order valence-corrected chi connectivity index (χ4v) is 4.52. The molecule has 4 aromatic rings. The van der Waals surface area contributed by atoms with E-state index >= 15 is 0 Å². The van der Waals surface area contributed by atoms with Crippen molar-refractivity contribution in [2.75, 3.05) is 35.7 Å². The minimum Gasteiger partial charge on any atom is -0.388 e. The van der Waals surface area contributed by atoms with Crippen LogP contribution < -0.4 is 15.5 Å². The van der Waals surface area contributed by atoms with Crippen molar-refractivity contribution in [1.29, 1.82) is 0 Å². The number of nitrogens with one attached hydrogen (secondary N) is 2. The number of fused-ring (bicyclic) bond motifs is 1. The van der Waals surface area contributed by atoms with E-state index in [1.165, 1.54) is 4.90 Å². The molecule has 3 aromatic carbocycles. The van der Waals surface area contributed by atoms with Gasteiger partial charge in [0.15, 0.2) is 5.78 Å². The second-order valence-electron chi connectivity index (χ2n) is 9.22. The van der Waals surface area contributed by atoms with Gasteiger partial charge in [-0.05, 0) is 48.9 Å². The van der Waals surface area contributed by atoms with Crippen molar-refractivity contribution in [3.63, 3.8) is 0 Å². The lowest BCUT2D eigenvalue weighted by Gasteiger charge is -2.26. The molecule has 9 nitrogen and oxygen atoms in total. The largest absolute Gasteiger partial charge is 0.388 e. The number of amides is 3. The molecule has 0 aliphatic carbocycles. The lowest BCUT2D eigenvalue weighted by atomic mass is 10.0. The van der Waals surface area contributed by atoms with E-state index in [1.807, 2.05) is 49.4 Å². The molecule has 40 heavy (non-hydrogen) atoms. The number of pyridine rings is 1. The van der Waals surface area contributed by atoms with Gasteiger partial charge in [0.05, 0.1) is 17.9 Å². The number of urea groups is 1. The highest BCUT2D eigenvalue weighted by Crippen LogP contribution is 2.29. The van der Waals surface area contributed by atoms with Gasteiger partial charge in [0, 0.05) is 35.7 Å². The summed E-state index contributed by atoms with van der Waals surface area (Å²) in [6, 6.07) is 26.5. The van der Waals surface area contributed by atoms with Crippen LogP contribution in [0.4, 0.5) is 21.9 Å². The van der Waals surface area contributed by atoms with E-state index in [0.717, 1.165) is 16.3 Å². The standard InChI is InChI=1S/C31H28N6O3/c1-21-10-3-4-13-24(21)28(38)19-36-27-16-6-5-14-25(27)30(26-15-7-8-17-33-26)35-37(31(36)40)20-29(39)34-23-12-9-11-22(18-23)32-2/h3-18,32H,19-20H2,1-2H3,(H,34,39). The fourth-order valence-electron chi connectivity index (χ4n) is 4.52. The predicted molar refractivity (Wildman–Crippen MR) is 156 cm³/mol. The number of aryl methyl sites for hydroxylation is 1. The van der Waals surface area contributed by atoms with Gasteiger partial charge in [0.2, 0.25) is 5.91 Å². The Morgan fingerprint density at radius 3 is 2.38 bits per heavy atom. The maximum atomic E-state index is 14.0. The van der Waals surface area contributed by atoms with Crippen molar-refractivity contribution in [1.82, 2.24) is 9.99 Å². The number of para-hydroxylation sites is 1. The Hall–Kier alpha value is -5.31. The molecule has 0 unspecified atom stereocenters. The quantitative estimate of drug-likeness (QED) is 0.313. The van der Waals surface area contributed by atoms with Crippen molar-refractivity contribution < 1.29 is 14.4 Å². The van der Waals surface area contributed by atoms with Crippen molar-refractivity contribution in [2.45, 2.75) is 6.92 Å². The summed E-state index contributed by atoms with van der Waals surface area (Å²) in [5, 5.41) is 11.6. The number of benzene rings is 3. The van der Waals surface area contributed by atoms with E-state index in [4.69, 9.17) is 0 Å². The number of ketones is 1. The third-order valence-electron chi connectivity index (χ3n) is 6.51. The number of nitrogens with zero attached hydrogens (tertiary/aromatic N) is 4. The first kappa shape index (κ1) is 26.3. The zero-order valence-electron chi connectivity index (χ0n) is 22.2. The Bertz CT molecular complexity index is 1600. The van der Waals surface area contributed by atoms with Crippen LogP contribution in [0, 0.1) is 6.92 Å². The van der Waals surface area contributed by atoms with Crippen LogP contribution in [0.5, 0.6) is 0 Å². The number of Topliss-reactive ketones (excluding diaryl/α,β-unsaturated/α-hetero) is 1. The normalized spacial score (nSPS) is 12.8. The molecule has 200 valence electrons. The van der Waals surface area contributed by atoms with E-state index in [1.54, 1.807) is 61.8 Å². The molecule has 2 N–H and O–H groups in total. The number of carbonyl (C=O) groups is 3. The second kappa shape index (κ2) is 11.6. The maximum absolute atomic E-state index is 14.0. The van der Waals surface area contributed by atoms with Crippen LogP contribution in [-0.4, -0.2) is 53.6 Å². The van der Waals surface area contributed by atoms with Crippen molar-refractivity contribution in [2.24, 2.45) is 5.10 Å². The van der Waals surface area contributed by atoms with E-state index in [0.29, 0.717) is 33.9 Å². The van der Waals surface area contributed by atoms with E-state index in [-0.39, 0.29) is 18.9 Å². The van der Waals surface area contributed by atoms with Gasteiger partial charge in [-0.15, -0.1) is 0 Å². The summed E-state index contributed by atoms with van der Waals surface area (Å²) >= 11 is 0. The minimum atomic E-state index is -0.598. The van der Waals surface area contributed by atoms with Gasteiger partial charge >= 0.3 is 6.03 Å². The summed E-state index contributed by atoms with van der Waals surface area (Å²) in [6.07, 6.45) is 1.64. The topological polar surface area (TPSA) is 107 Å². The number of hydrazone groups is 1. The first-order valence-corrected chi connectivity index (χ1v) is 12.8. The Kier molecular flexibility index (Phi) is 7.63. The monoisotopic (exact) mass is 532 g/mol. The molecule has 0 radical (unpaired) electrons. The van der Waals surface area contributed by atoms with Gasteiger partial charge in [0.25, 0.3) is 0 Å². The highest BCUT2D eigenvalue weighted by Gasteiger charge is 2.33. The Balaban J connectivity index is 1.53. The second-order valence-corrected chi connectivity index (χ2v) is 9.22. The van der Waals surface area contributed by atoms with Gasteiger partial charge in [-0.2, -0.15) is 5.10 Å². The lowest BCUT2D eigenvalue weighted by molar-refractivity contribution is -0.116. The van der Waals surface area contributed by atoms with E-state index in [9.17, 15) is 14.4 Å². The van der Waals surface area contributed by atoms with Crippen molar-refractivity contribution in [3.05, 3.63) is 120 Å². The summed E-state index contributed by atoms with van der Waals surface area (Å²) in [5.41, 5.74) is 4.81. The van der Waals surface area contributed by atoms with Crippen LogP contribution in [0.3, 0.4) is 0 Å². The van der Waals surface area contributed by atoms with Crippen LogP contribution in [0.2, 0.25) is 0 Å². The smallest absolute Gasteiger partial charge is 0.345 e. The molecule has 0 saturated heterocycles. The van der Waals surface area contributed by atoms with Gasteiger partial charge < -0.3 is 10.6 Å². The van der Waals surface area contributed by atoms with Crippen molar-refractivity contribution >= 4 is 40.5 Å². The van der Waals surface area contributed by atoms with Gasteiger partial charge in [-0.1, -0.05) is 54.6 Å². The molecule has 0 saturated carbocycles. The molecule has 0 bridgehead atoms. The first-order chi connectivity index (χ1) is 19.4. The molecule has 5 rings (SSSR count). The van der Waals surface area contributed by atoms with E-state index < -0.39 is 11.9 Å². The average Bonchev–Trinajstić information content (AvgIpc) is 3.08. The lowest BCUT2D eigenvalue weighted by Crippen LogP contribution is -2.45. The van der Waals surface area contributed by atoms with Crippen LogP contribution in [0.1, 0.15) is 27.2 Å². The molecule has 1 aliphatic rings. The maximum Gasteiger partial charge on any atom is 0.345 e. The van der Waals surface area contributed by atoms with Crippen LogP contribution >= 0.6 is 0 Å². The van der Waals surface area contributed by atoms with Crippen LogP contribution in [0.15, 0.2) is 102 Å². The third-order valence-corrected chi connectivity index (χ3v) is 6.51. The molecular weight excluding hydrogens is 504 g/mol. The first-order valence-electron chi connectivity index (χ1n) is 12.8. The Labute approximate surface area is 232 Å². The Morgan fingerprint density at radius 2 is 1.60 bits per heavy atom. The zero-order valence-corrected chi connectivity index (χ0v) is 22.2. The highest BCUT2D eigenvalue weighted by molar-refractivity contribution is 6.19. The molecule has 9 heteroatoms. The Morgan fingerprint density at radius 1 is 0.850 bits per heavy atom. The summed E-state index contributed by atoms with van der Waals surface area (Å²) in [5.74, 6) is -0.669. The van der Waals surface area contributed by atoms with Crippen molar-refractivity contribution in [3.8, 4) is 0 Å². The molecule has 1 aromatic heterocycles. The molecule has 0 fully saturated rings. The predicted octanol–water partition coefficient (Wildman–Crippen LogP) is 4.95. The van der Waals surface area contributed by atoms with E-state index in [2.05, 4.69) is 20.7 Å². The number of anilines is 3. The van der Waals surface area contributed by atoms with Gasteiger partial charge in [-0.3, -0.25) is 19.5 Å². The number of hydrogen-bond donors (Lipinski definition) is 2. The SMILES string of the molecule is CNc1cccc(NC(=O)CN2N=C(c3ccccn3)c3ccccc3N(CC(=O)c3ccccc3C)C2=O)c1. The molecule has 3 amide bonds.